The van der Waals surface area contributed by atoms with Crippen LogP contribution < -0.4 is 9.64 Å². The Morgan fingerprint density at radius 1 is 1.13 bits per heavy atom. The number of hydrogen-bond acceptors (Lipinski definition) is 6. The van der Waals surface area contributed by atoms with Crippen LogP contribution in [-0.2, 0) is 6.54 Å². The van der Waals surface area contributed by atoms with Crippen LogP contribution in [-0.4, -0.2) is 28.2 Å². The van der Waals surface area contributed by atoms with Gasteiger partial charge in [0.2, 0.25) is 0 Å². The molecule has 2 heterocycles. The maximum Gasteiger partial charge on any atom is 0.260 e. The molecular formula is C24H23N3O2S2. The van der Waals surface area contributed by atoms with Gasteiger partial charge in [-0.3, -0.25) is 14.7 Å². The zero-order valence-corrected chi connectivity index (χ0v) is 19.2. The van der Waals surface area contributed by atoms with Gasteiger partial charge in [0.15, 0.2) is 5.13 Å². The molecule has 5 nitrogen and oxygen atoms in total. The molecule has 4 aromatic rings. The van der Waals surface area contributed by atoms with Gasteiger partial charge in [0.05, 0.1) is 29.6 Å². The van der Waals surface area contributed by atoms with Gasteiger partial charge in [-0.15, -0.1) is 11.8 Å². The molecule has 0 spiro atoms. The number of amides is 1. The molecule has 1 amide bonds. The maximum atomic E-state index is 13.5. The molecule has 2 aromatic carbocycles. The normalized spacial score (nSPS) is 11.1. The highest BCUT2D eigenvalue weighted by atomic mass is 32.2. The Balaban J connectivity index is 1.69. The smallest absolute Gasteiger partial charge is 0.260 e. The number of nitrogens with zero attached hydrogens (tertiary/aromatic N) is 3. The van der Waals surface area contributed by atoms with E-state index >= 15 is 0 Å². The van der Waals surface area contributed by atoms with Gasteiger partial charge in [-0.25, -0.2) is 4.98 Å². The Morgan fingerprint density at radius 2 is 1.94 bits per heavy atom. The summed E-state index contributed by atoms with van der Waals surface area (Å²) in [7, 11) is 1.63. The van der Waals surface area contributed by atoms with E-state index in [1.807, 2.05) is 60.7 Å². The van der Waals surface area contributed by atoms with Crippen LogP contribution in [0.25, 0.3) is 10.2 Å². The van der Waals surface area contributed by atoms with Crippen molar-refractivity contribution in [2.24, 2.45) is 0 Å². The van der Waals surface area contributed by atoms with Gasteiger partial charge in [-0.05, 0) is 48.5 Å². The van der Waals surface area contributed by atoms with Crippen LogP contribution in [0.1, 0.15) is 29.9 Å². The van der Waals surface area contributed by atoms with Crippen LogP contribution in [0, 0.1) is 0 Å². The second kappa shape index (κ2) is 9.49. The Labute approximate surface area is 190 Å². The molecule has 2 aromatic heterocycles. The molecule has 0 radical (unpaired) electrons. The van der Waals surface area contributed by atoms with Gasteiger partial charge in [-0.2, -0.15) is 0 Å². The number of thiazole rings is 1. The first-order chi connectivity index (χ1) is 15.0. The molecule has 7 heteroatoms. The molecule has 158 valence electrons. The number of fused-ring (bicyclic) bond motifs is 1. The number of hydrogen-bond donors (Lipinski definition) is 0. The van der Waals surface area contributed by atoms with Gasteiger partial charge >= 0.3 is 0 Å². The highest BCUT2D eigenvalue weighted by Gasteiger charge is 2.22. The van der Waals surface area contributed by atoms with E-state index in [0.29, 0.717) is 22.5 Å². The average Bonchev–Trinajstić information content (AvgIpc) is 3.20. The fourth-order valence-electron chi connectivity index (χ4n) is 3.12. The predicted molar refractivity (Wildman–Crippen MR) is 128 cm³/mol. The number of pyridine rings is 1. The fourth-order valence-corrected chi connectivity index (χ4v) is 4.90. The topological polar surface area (TPSA) is 55.3 Å². The van der Waals surface area contributed by atoms with Gasteiger partial charge < -0.3 is 4.74 Å². The van der Waals surface area contributed by atoms with Crippen molar-refractivity contribution < 1.29 is 9.53 Å². The lowest BCUT2D eigenvalue weighted by Crippen LogP contribution is -2.30. The third kappa shape index (κ3) is 5.06. The van der Waals surface area contributed by atoms with E-state index in [9.17, 15) is 4.79 Å². The molecule has 31 heavy (non-hydrogen) atoms. The lowest BCUT2D eigenvalue weighted by atomic mass is 10.2. The maximum absolute atomic E-state index is 13.5. The number of benzene rings is 2. The number of carbonyl (C=O) groups excluding carboxylic acids is 1. The summed E-state index contributed by atoms with van der Waals surface area (Å²) < 4.78 is 6.31. The average molecular weight is 450 g/mol. The number of carbonyl (C=O) groups is 1. The third-order valence-electron chi connectivity index (χ3n) is 4.58. The van der Waals surface area contributed by atoms with E-state index in [1.54, 1.807) is 30.0 Å². The van der Waals surface area contributed by atoms with Gasteiger partial charge in [0, 0.05) is 28.0 Å². The summed E-state index contributed by atoms with van der Waals surface area (Å²) in [5, 5.41) is 1.13. The number of aromatic nitrogens is 2. The Hall–Kier alpha value is -2.90. The van der Waals surface area contributed by atoms with E-state index in [2.05, 4.69) is 18.8 Å². The van der Waals surface area contributed by atoms with Gasteiger partial charge in [0.1, 0.15) is 5.75 Å². The highest BCUT2D eigenvalue weighted by Crippen LogP contribution is 2.33. The molecule has 0 atom stereocenters. The third-order valence-corrected chi connectivity index (χ3v) is 6.65. The standard InChI is InChI=1S/C24H23N3O2S2/c1-16(2)30-20-10-7-17(8-11-20)23(28)27(15-18-6-4-5-13-25-18)24-26-21-14-19(29-3)9-12-22(21)31-24/h4-14,16H,15H2,1-3H3. The van der Waals surface area contributed by atoms with Crippen molar-refractivity contribution in [1.82, 2.24) is 9.97 Å². The van der Waals surface area contributed by atoms with Crippen molar-refractivity contribution in [3.05, 3.63) is 78.1 Å². The summed E-state index contributed by atoms with van der Waals surface area (Å²) >= 11 is 3.26. The van der Waals surface area contributed by atoms with Crippen molar-refractivity contribution >= 4 is 44.4 Å². The summed E-state index contributed by atoms with van der Waals surface area (Å²) in [6.07, 6.45) is 1.74. The van der Waals surface area contributed by atoms with Crippen LogP contribution in [0.15, 0.2) is 71.8 Å². The van der Waals surface area contributed by atoms with Gasteiger partial charge in [-0.1, -0.05) is 31.3 Å². The van der Waals surface area contributed by atoms with E-state index in [-0.39, 0.29) is 5.91 Å². The second-order valence-corrected chi connectivity index (χ2v) is 9.89. The summed E-state index contributed by atoms with van der Waals surface area (Å²) in [6, 6.07) is 19.2. The Kier molecular flexibility index (Phi) is 6.53. The number of ether oxygens (including phenoxy) is 1. The van der Waals surface area contributed by atoms with Crippen LogP contribution in [0.3, 0.4) is 0 Å². The number of thioether (sulfide) groups is 1. The molecule has 0 saturated heterocycles. The minimum Gasteiger partial charge on any atom is -0.497 e. The lowest BCUT2D eigenvalue weighted by Gasteiger charge is -2.20. The SMILES string of the molecule is COc1ccc2sc(N(Cc3ccccn3)C(=O)c3ccc(SC(C)C)cc3)nc2c1. The largest absolute Gasteiger partial charge is 0.497 e. The summed E-state index contributed by atoms with van der Waals surface area (Å²) in [4.78, 5) is 25.5. The molecule has 0 N–H and O–H groups in total. The molecular weight excluding hydrogens is 426 g/mol. The molecule has 0 saturated carbocycles. The number of anilines is 1. The van der Waals surface area contributed by atoms with E-state index < -0.39 is 0 Å². The van der Waals surface area contributed by atoms with Gasteiger partial charge in [0.25, 0.3) is 5.91 Å². The molecule has 0 aliphatic rings. The summed E-state index contributed by atoms with van der Waals surface area (Å²) in [5.41, 5.74) is 2.24. The second-order valence-electron chi connectivity index (χ2n) is 7.23. The van der Waals surface area contributed by atoms with Crippen LogP contribution in [0.4, 0.5) is 5.13 Å². The van der Waals surface area contributed by atoms with E-state index in [1.165, 1.54) is 11.3 Å². The quantitative estimate of drug-likeness (QED) is 0.322. The van der Waals surface area contributed by atoms with Crippen molar-refractivity contribution in [3.63, 3.8) is 0 Å². The molecule has 0 aliphatic heterocycles. The minimum absolute atomic E-state index is 0.0993. The molecule has 4 rings (SSSR count). The zero-order valence-electron chi connectivity index (χ0n) is 17.6. The number of rotatable bonds is 7. The Morgan fingerprint density at radius 3 is 2.61 bits per heavy atom. The van der Waals surface area contributed by atoms with Crippen LogP contribution >= 0.6 is 23.1 Å². The summed E-state index contributed by atoms with van der Waals surface area (Å²) in [6.45, 7) is 4.65. The molecule has 0 fully saturated rings. The zero-order chi connectivity index (χ0) is 21.8. The first kappa shape index (κ1) is 21.3. The predicted octanol–water partition coefficient (Wildman–Crippen LogP) is 6.05. The summed E-state index contributed by atoms with van der Waals surface area (Å²) in [5.74, 6) is 0.642. The van der Waals surface area contributed by atoms with Crippen molar-refractivity contribution in [2.75, 3.05) is 12.0 Å². The molecule has 0 aliphatic carbocycles. The first-order valence-corrected chi connectivity index (χ1v) is 11.7. The van der Waals surface area contributed by atoms with Crippen molar-refractivity contribution in [2.45, 2.75) is 30.5 Å². The molecule has 0 bridgehead atoms. The minimum atomic E-state index is -0.0993. The monoisotopic (exact) mass is 449 g/mol. The first-order valence-electron chi connectivity index (χ1n) is 9.96. The fraction of sp³-hybridized carbons (Fsp3) is 0.208. The van der Waals surface area contributed by atoms with Crippen molar-refractivity contribution in [3.8, 4) is 5.75 Å². The van der Waals surface area contributed by atoms with E-state index in [4.69, 9.17) is 9.72 Å². The molecule has 0 unspecified atom stereocenters. The Bertz CT molecular complexity index is 1170. The van der Waals surface area contributed by atoms with Crippen LogP contribution in [0.5, 0.6) is 5.75 Å². The lowest BCUT2D eigenvalue weighted by molar-refractivity contribution is 0.0984. The number of methoxy groups -OCH3 is 1. The van der Waals surface area contributed by atoms with Crippen molar-refractivity contribution in [1.29, 1.82) is 0 Å². The highest BCUT2D eigenvalue weighted by molar-refractivity contribution is 7.99. The van der Waals surface area contributed by atoms with Crippen LogP contribution in [0.2, 0.25) is 0 Å². The van der Waals surface area contributed by atoms with E-state index in [0.717, 1.165) is 26.6 Å².